The third kappa shape index (κ3) is 5.41. The summed E-state index contributed by atoms with van der Waals surface area (Å²) >= 11 is 0. The number of ether oxygens (including phenoxy) is 2. The molecule has 0 aliphatic rings. The standard InChI is InChI=1S/C20H27N3O2/c1-14-6-7-17(19(10-14)25-5)13-23-20(21-3)22-12-16-8-15(2)9-18(11-16)24-4/h6-11H,12-13H2,1-5H3,(H2,21,22,23). The zero-order valence-corrected chi connectivity index (χ0v) is 15.6. The third-order valence-electron chi connectivity index (χ3n) is 3.92. The first kappa shape index (κ1) is 18.6. The van der Waals surface area contributed by atoms with Crippen LogP contribution >= 0.6 is 0 Å². The van der Waals surface area contributed by atoms with Crippen molar-refractivity contribution >= 4 is 5.96 Å². The molecule has 134 valence electrons. The number of benzene rings is 2. The quantitative estimate of drug-likeness (QED) is 0.626. The maximum atomic E-state index is 5.45. The summed E-state index contributed by atoms with van der Waals surface area (Å²) in [6, 6.07) is 12.4. The van der Waals surface area contributed by atoms with Gasteiger partial charge in [0.15, 0.2) is 5.96 Å². The minimum Gasteiger partial charge on any atom is -0.497 e. The molecule has 5 nitrogen and oxygen atoms in total. The average Bonchev–Trinajstić information content (AvgIpc) is 2.62. The molecule has 0 aliphatic heterocycles. The molecule has 5 heteroatoms. The van der Waals surface area contributed by atoms with Crippen LogP contribution in [-0.4, -0.2) is 27.2 Å². The number of aliphatic imine (C=N–C) groups is 1. The van der Waals surface area contributed by atoms with Crippen molar-refractivity contribution in [3.63, 3.8) is 0 Å². The maximum Gasteiger partial charge on any atom is 0.191 e. The maximum absolute atomic E-state index is 5.45. The second-order valence-corrected chi connectivity index (χ2v) is 5.95. The lowest BCUT2D eigenvalue weighted by Gasteiger charge is -2.15. The Morgan fingerprint density at radius 2 is 1.68 bits per heavy atom. The molecule has 2 N–H and O–H groups in total. The van der Waals surface area contributed by atoms with Crippen LogP contribution in [0.5, 0.6) is 11.5 Å². The lowest BCUT2D eigenvalue weighted by atomic mass is 10.1. The van der Waals surface area contributed by atoms with Crippen LogP contribution < -0.4 is 20.1 Å². The van der Waals surface area contributed by atoms with E-state index >= 15 is 0 Å². The molecule has 0 amide bonds. The molecule has 0 aliphatic carbocycles. The van der Waals surface area contributed by atoms with Crippen molar-refractivity contribution in [2.24, 2.45) is 4.99 Å². The van der Waals surface area contributed by atoms with Gasteiger partial charge in [0.05, 0.1) is 14.2 Å². The van der Waals surface area contributed by atoms with Gasteiger partial charge in [0.1, 0.15) is 11.5 Å². The van der Waals surface area contributed by atoms with E-state index in [1.807, 2.05) is 18.2 Å². The predicted octanol–water partition coefficient (Wildman–Crippen LogP) is 3.19. The molecule has 25 heavy (non-hydrogen) atoms. The van der Waals surface area contributed by atoms with Crippen LogP contribution in [0.4, 0.5) is 0 Å². The summed E-state index contributed by atoms with van der Waals surface area (Å²) in [6.07, 6.45) is 0. The van der Waals surface area contributed by atoms with Gasteiger partial charge in [-0.3, -0.25) is 4.99 Å². The highest BCUT2D eigenvalue weighted by atomic mass is 16.5. The van der Waals surface area contributed by atoms with E-state index in [9.17, 15) is 0 Å². The highest BCUT2D eigenvalue weighted by Crippen LogP contribution is 2.19. The Labute approximate surface area is 150 Å². The monoisotopic (exact) mass is 341 g/mol. The van der Waals surface area contributed by atoms with Crippen molar-refractivity contribution < 1.29 is 9.47 Å². The van der Waals surface area contributed by atoms with E-state index in [1.165, 1.54) is 11.1 Å². The van der Waals surface area contributed by atoms with Crippen molar-refractivity contribution in [1.82, 2.24) is 10.6 Å². The Morgan fingerprint density at radius 3 is 2.36 bits per heavy atom. The number of nitrogens with one attached hydrogen (secondary N) is 2. The van der Waals surface area contributed by atoms with Crippen molar-refractivity contribution in [1.29, 1.82) is 0 Å². The molecular weight excluding hydrogens is 314 g/mol. The molecule has 2 aromatic carbocycles. The van der Waals surface area contributed by atoms with E-state index in [0.717, 1.165) is 28.6 Å². The minimum absolute atomic E-state index is 0.639. The summed E-state index contributed by atoms with van der Waals surface area (Å²) in [6.45, 7) is 5.42. The fourth-order valence-corrected chi connectivity index (χ4v) is 2.63. The van der Waals surface area contributed by atoms with Crippen LogP contribution in [-0.2, 0) is 13.1 Å². The van der Waals surface area contributed by atoms with Crippen LogP contribution in [0.15, 0.2) is 41.4 Å². The number of guanidine groups is 1. The van der Waals surface area contributed by atoms with Gasteiger partial charge in [-0.1, -0.05) is 18.2 Å². The molecule has 0 heterocycles. The smallest absolute Gasteiger partial charge is 0.191 e. The normalized spacial score (nSPS) is 11.2. The highest BCUT2D eigenvalue weighted by molar-refractivity contribution is 5.79. The van der Waals surface area contributed by atoms with Gasteiger partial charge in [0.25, 0.3) is 0 Å². The van der Waals surface area contributed by atoms with E-state index in [0.29, 0.717) is 13.1 Å². The fraction of sp³-hybridized carbons (Fsp3) is 0.350. The molecule has 0 unspecified atom stereocenters. The Hall–Kier alpha value is -2.69. The average molecular weight is 341 g/mol. The highest BCUT2D eigenvalue weighted by Gasteiger charge is 2.05. The Balaban J connectivity index is 1.96. The Morgan fingerprint density at radius 1 is 0.920 bits per heavy atom. The summed E-state index contributed by atoms with van der Waals surface area (Å²) in [5.41, 5.74) is 4.58. The second kappa shape index (κ2) is 8.97. The number of rotatable bonds is 6. The summed E-state index contributed by atoms with van der Waals surface area (Å²) in [7, 11) is 5.14. The van der Waals surface area contributed by atoms with E-state index in [1.54, 1.807) is 21.3 Å². The van der Waals surface area contributed by atoms with Crippen LogP contribution in [0.3, 0.4) is 0 Å². The Bertz CT molecular complexity index is 742. The lowest BCUT2D eigenvalue weighted by Crippen LogP contribution is -2.36. The van der Waals surface area contributed by atoms with Crippen molar-refractivity contribution in [3.8, 4) is 11.5 Å². The predicted molar refractivity (Wildman–Crippen MR) is 103 cm³/mol. The van der Waals surface area contributed by atoms with Gasteiger partial charge < -0.3 is 20.1 Å². The number of nitrogens with zero attached hydrogens (tertiary/aromatic N) is 1. The van der Waals surface area contributed by atoms with E-state index in [4.69, 9.17) is 9.47 Å². The van der Waals surface area contributed by atoms with Gasteiger partial charge in [-0.05, 0) is 48.7 Å². The summed E-state index contributed by atoms with van der Waals surface area (Å²) in [5, 5.41) is 6.65. The summed E-state index contributed by atoms with van der Waals surface area (Å²) in [4.78, 5) is 4.28. The van der Waals surface area contributed by atoms with Crippen LogP contribution in [0.2, 0.25) is 0 Å². The SMILES string of the molecule is CN=C(NCc1cc(C)cc(OC)c1)NCc1ccc(C)cc1OC. The van der Waals surface area contributed by atoms with Crippen LogP contribution in [0.1, 0.15) is 22.3 Å². The molecule has 0 bridgehead atoms. The van der Waals surface area contributed by atoms with Crippen LogP contribution in [0.25, 0.3) is 0 Å². The second-order valence-electron chi connectivity index (χ2n) is 5.95. The fourth-order valence-electron chi connectivity index (χ4n) is 2.63. The third-order valence-corrected chi connectivity index (χ3v) is 3.92. The van der Waals surface area contributed by atoms with Gasteiger partial charge >= 0.3 is 0 Å². The number of hydrogen-bond acceptors (Lipinski definition) is 3. The Kier molecular flexibility index (Phi) is 6.69. The molecule has 0 saturated carbocycles. The molecule has 0 atom stereocenters. The number of hydrogen-bond donors (Lipinski definition) is 2. The molecular formula is C20H27N3O2. The van der Waals surface area contributed by atoms with E-state index in [2.05, 4.69) is 47.7 Å². The largest absolute Gasteiger partial charge is 0.497 e. The molecule has 0 fully saturated rings. The molecule has 0 saturated heterocycles. The number of methoxy groups -OCH3 is 2. The molecule has 2 aromatic rings. The van der Waals surface area contributed by atoms with Gasteiger partial charge in [-0.25, -0.2) is 0 Å². The minimum atomic E-state index is 0.639. The first-order valence-corrected chi connectivity index (χ1v) is 8.28. The van der Waals surface area contributed by atoms with Crippen LogP contribution in [0, 0.1) is 13.8 Å². The van der Waals surface area contributed by atoms with Gasteiger partial charge in [-0.15, -0.1) is 0 Å². The zero-order chi connectivity index (χ0) is 18.2. The summed E-state index contributed by atoms with van der Waals surface area (Å²) < 4.78 is 10.8. The molecule has 0 spiro atoms. The van der Waals surface area contributed by atoms with Gasteiger partial charge in [0, 0.05) is 25.7 Å². The van der Waals surface area contributed by atoms with Crippen molar-refractivity contribution in [3.05, 3.63) is 58.7 Å². The van der Waals surface area contributed by atoms with E-state index in [-0.39, 0.29) is 0 Å². The molecule has 0 aromatic heterocycles. The van der Waals surface area contributed by atoms with Gasteiger partial charge in [-0.2, -0.15) is 0 Å². The summed E-state index contributed by atoms with van der Waals surface area (Å²) in [5.74, 6) is 2.48. The molecule has 0 radical (unpaired) electrons. The number of aryl methyl sites for hydroxylation is 2. The topological polar surface area (TPSA) is 54.9 Å². The first-order valence-electron chi connectivity index (χ1n) is 8.28. The lowest BCUT2D eigenvalue weighted by molar-refractivity contribution is 0.408. The van der Waals surface area contributed by atoms with E-state index < -0.39 is 0 Å². The first-order chi connectivity index (χ1) is 12.0. The van der Waals surface area contributed by atoms with Crippen molar-refractivity contribution in [2.75, 3.05) is 21.3 Å². The van der Waals surface area contributed by atoms with Gasteiger partial charge in [0.2, 0.25) is 0 Å². The molecule has 2 rings (SSSR count). The van der Waals surface area contributed by atoms with Crippen molar-refractivity contribution in [2.45, 2.75) is 26.9 Å². The zero-order valence-electron chi connectivity index (χ0n) is 15.6.